The van der Waals surface area contributed by atoms with E-state index in [1.807, 2.05) is 13.8 Å². The van der Waals surface area contributed by atoms with E-state index in [1.54, 1.807) is 0 Å². The first-order chi connectivity index (χ1) is 5.66. The maximum atomic E-state index is 11.4. The molecule has 0 aromatic heterocycles. The SMILES string of the molecule is CCOC(=O)C1C(I)COC1C. The molecule has 1 heterocycles. The molecule has 0 amide bonds. The summed E-state index contributed by atoms with van der Waals surface area (Å²) in [5, 5.41) is 0. The summed E-state index contributed by atoms with van der Waals surface area (Å²) in [6, 6.07) is 0. The first kappa shape index (κ1) is 10.2. The predicted molar refractivity (Wildman–Crippen MR) is 53.3 cm³/mol. The van der Waals surface area contributed by atoms with E-state index >= 15 is 0 Å². The molecular weight excluding hydrogens is 271 g/mol. The van der Waals surface area contributed by atoms with Crippen LogP contribution in [-0.2, 0) is 14.3 Å². The summed E-state index contributed by atoms with van der Waals surface area (Å²) in [5.74, 6) is -0.201. The van der Waals surface area contributed by atoms with Crippen LogP contribution < -0.4 is 0 Å². The van der Waals surface area contributed by atoms with Crippen LogP contribution in [0.2, 0.25) is 0 Å². The minimum Gasteiger partial charge on any atom is -0.466 e. The van der Waals surface area contributed by atoms with Gasteiger partial charge in [-0.1, -0.05) is 22.6 Å². The third-order valence-electron chi connectivity index (χ3n) is 1.97. The number of hydrogen-bond acceptors (Lipinski definition) is 3. The van der Waals surface area contributed by atoms with Gasteiger partial charge in [-0.15, -0.1) is 0 Å². The molecule has 0 aromatic carbocycles. The smallest absolute Gasteiger partial charge is 0.312 e. The number of ether oxygens (including phenoxy) is 2. The highest BCUT2D eigenvalue weighted by molar-refractivity contribution is 14.1. The average molecular weight is 284 g/mol. The first-order valence-electron chi connectivity index (χ1n) is 4.09. The third-order valence-corrected chi connectivity index (χ3v) is 3.11. The molecular formula is C8H13IO3. The summed E-state index contributed by atoms with van der Waals surface area (Å²) < 4.78 is 10.5. The van der Waals surface area contributed by atoms with Crippen molar-refractivity contribution in [3.05, 3.63) is 0 Å². The molecule has 1 rings (SSSR count). The zero-order chi connectivity index (χ0) is 9.14. The molecule has 1 aliphatic rings. The number of hydrogen-bond donors (Lipinski definition) is 0. The molecule has 0 aromatic rings. The van der Waals surface area contributed by atoms with Gasteiger partial charge in [-0.25, -0.2) is 0 Å². The number of rotatable bonds is 2. The molecule has 3 atom stereocenters. The summed E-state index contributed by atoms with van der Waals surface area (Å²) in [4.78, 5) is 11.4. The Labute approximate surface area is 85.9 Å². The van der Waals surface area contributed by atoms with Gasteiger partial charge in [-0.3, -0.25) is 4.79 Å². The standard InChI is InChI=1S/C8H13IO3/c1-3-11-8(10)7-5(2)12-4-6(7)9/h5-7H,3-4H2,1-2H3. The maximum Gasteiger partial charge on any atom is 0.312 e. The summed E-state index contributed by atoms with van der Waals surface area (Å²) in [6.07, 6.45) is 0.00551. The van der Waals surface area contributed by atoms with Gasteiger partial charge >= 0.3 is 5.97 Å². The van der Waals surface area contributed by atoms with E-state index < -0.39 is 0 Å². The highest BCUT2D eigenvalue weighted by Crippen LogP contribution is 2.28. The highest BCUT2D eigenvalue weighted by atomic mass is 127. The minimum atomic E-state index is -0.123. The van der Waals surface area contributed by atoms with Gasteiger partial charge in [0, 0.05) is 0 Å². The molecule has 0 bridgehead atoms. The Balaban J connectivity index is 2.53. The van der Waals surface area contributed by atoms with Crippen molar-refractivity contribution in [2.45, 2.75) is 23.9 Å². The van der Waals surface area contributed by atoms with Gasteiger partial charge in [0.1, 0.15) is 0 Å². The molecule has 1 aliphatic heterocycles. The third kappa shape index (κ3) is 2.10. The summed E-state index contributed by atoms with van der Waals surface area (Å²) in [5.41, 5.74) is 0. The van der Waals surface area contributed by atoms with Crippen molar-refractivity contribution >= 4 is 28.6 Å². The Morgan fingerprint density at radius 1 is 1.75 bits per heavy atom. The van der Waals surface area contributed by atoms with Gasteiger partial charge in [-0.05, 0) is 13.8 Å². The second-order valence-electron chi connectivity index (χ2n) is 2.83. The number of halogens is 1. The monoisotopic (exact) mass is 284 g/mol. The van der Waals surface area contributed by atoms with E-state index in [0.29, 0.717) is 13.2 Å². The van der Waals surface area contributed by atoms with E-state index in [2.05, 4.69) is 22.6 Å². The molecule has 0 N–H and O–H groups in total. The molecule has 0 aliphatic carbocycles. The lowest BCUT2D eigenvalue weighted by Crippen LogP contribution is -2.29. The number of carbonyl (C=O) groups is 1. The number of alkyl halides is 1. The molecule has 0 spiro atoms. The summed E-state index contributed by atoms with van der Waals surface area (Å²) in [6.45, 7) is 4.84. The Morgan fingerprint density at radius 2 is 2.42 bits per heavy atom. The number of esters is 1. The first-order valence-corrected chi connectivity index (χ1v) is 5.33. The van der Waals surface area contributed by atoms with Crippen LogP contribution in [0.5, 0.6) is 0 Å². The van der Waals surface area contributed by atoms with Crippen LogP contribution in [0.3, 0.4) is 0 Å². The molecule has 1 fully saturated rings. The minimum absolute atomic E-state index is 0.00551. The molecule has 70 valence electrons. The fourth-order valence-corrected chi connectivity index (χ4v) is 2.41. The van der Waals surface area contributed by atoms with Crippen LogP contribution in [0, 0.1) is 5.92 Å². The molecule has 12 heavy (non-hydrogen) atoms. The van der Waals surface area contributed by atoms with Crippen LogP contribution in [-0.4, -0.2) is 29.2 Å². The highest BCUT2D eigenvalue weighted by Gasteiger charge is 2.39. The molecule has 0 radical (unpaired) electrons. The van der Waals surface area contributed by atoms with E-state index in [9.17, 15) is 4.79 Å². The maximum absolute atomic E-state index is 11.4. The largest absolute Gasteiger partial charge is 0.466 e. The summed E-state index contributed by atoms with van der Waals surface area (Å²) >= 11 is 2.24. The zero-order valence-corrected chi connectivity index (χ0v) is 9.41. The molecule has 0 saturated carbocycles. The van der Waals surface area contributed by atoms with Crippen LogP contribution in [0.15, 0.2) is 0 Å². The average Bonchev–Trinajstić information content (AvgIpc) is 2.32. The Bertz CT molecular complexity index is 162. The topological polar surface area (TPSA) is 35.5 Å². The van der Waals surface area contributed by atoms with Gasteiger partial charge in [0.15, 0.2) is 0 Å². The normalized spacial score (nSPS) is 35.1. The lowest BCUT2D eigenvalue weighted by molar-refractivity contribution is -0.149. The van der Waals surface area contributed by atoms with Gasteiger partial charge in [0.2, 0.25) is 0 Å². The van der Waals surface area contributed by atoms with E-state index in [1.165, 1.54) is 0 Å². The van der Waals surface area contributed by atoms with Crippen LogP contribution in [0.1, 0.15) is 13.8 Å². The molecule has 1 saturated heterocycles. The van der Waals surface area contributed by atoms with Crippen molar-refractivity contribution in [3.8, 4) is 0 Å². The molecule has 3 nitrogen and oxygen atoms in total. The lowest BCUT2D eigenvalue weighted by Gasteiger charge is -2.14. The predicted octanol–water partition coefficient (Wildman–Crippen LogP) is 1.39. The van der Waals surface area contributed by atoms with E-state index in [4.69, 9.17) is 9.47 Å². The second kappa shape index (κ2) is 4.41. The zero-order valence-electron chi connectivity index (χ0n) is 7.25. The Morgan fingerprint density at radius 3 is 2.83 bits per heavy atom. The quantitative estimate of drug-likeness (QED) is 0.437. The van der Waals surface area contributed by atoms with Crippen LogP contribution >= 0.6 is 22.6 Å². The van der Waals surface area contributed by atoms with Crippen LogP contribution in [0.4, 0.5) is 0 Å². The fraction of sp³-hybridized carbons (Fsp3) is 0.875. The fourth-order valence-electron chi connectivity index (χ4n) is 1.32. The summed E-state index contributed by atoms with van der Waals surface area (Å²) in [7, 11) is 0. The molecule has 3 unspecified atom stereocenters. The van der Waals surface area contributed by atoms with Gasteiger partial charge < -0.3 is 9.47 Å². The van der Waals surface area contributed by atoms with Crippen molar-refractivity contribution in [1.82, 2.24) is 0 Å². The van der Waals surface area contributed by atoms with Crippen molar-refractivity contribution < 1.29 is 14.3 Å². The van der Waals surface area contributed by atoms with Gasteiger partial charge in [-0.2, -0.15) is 0 Å². The van der Waals surface area contributed by atoms with Gasteiger partial charge in [0.05, 0.1) is 29.2 Å². The Hall–Kier alpha value is 0.160. The van der Waals surface area contributed by atoms with Crippen molar-refractivity contribution in [3.63, 3.8) is 0 Å². The van der Waals surface area contributed by atoms with E-state index in [0.717, 1.165) is 0 Å². The van der Waals surface area contributed by atoms with E-state index in [-0.39, 0.29) is 21.9 Å². The van der Waals surface area contributed by atoms with Crippen molar-refractivity contribution in [1.29, 1.82) is 0 Å². The van der Waals surface area contributed by atoms with Crippen LogP contribution in [0.25, 0.3) is 0 Å². The number of carbonyl (C=O) groups excluding carboxylic acids is 1. The van der Waals surface area contributed by atoms with Crippen molar-refractivity contribution in [2.75, 3.05) is 13.2 Å². The Kier molecular flexibility index (Phi) is 3.77. The van der Waals surface area contributed by atoms with Crippen molar-refractivity contribution in [2.24, 2.45) is 5.92 Å². The second-order valence-corrected chi connectivity index (χ2v) is 4.43. The molecule has 4 heteroatoms. The lowest BCUT2D eigenvalue weighted by atomic mass is 10.0. The van der Waals surface area contributed by atoms with Gasteiger partial charge in [0.25, 0.3) is 0 Å².